The van der Waals surface area contributed by atoms with Crippen molar-refractivity contribution in [3.8, 4) is 0 Å². The van der Waals surface area contributed by atoms with Gasteiger partial charge in [0, 0.05) is 4.83 Å². The third-order valence-electron chi connectivity index (χ3n) is 0.348. The molecule has 0 aliphatic carbocycles. The van der Waals surface area contributed by atoms with Gasteiger partial charge in [-0.2, -0.15) is 0 Å². The van der Waals surface area contributed by atoms with Crippen LogP contribution in [0.25, 0.3) is 0 Å². The average Bonchev–Trinajstić information content (AvgIpc) is 1.35. The Morgan fingerprint density at radius 3 is 2.50 bits per heavy atom. The van der Waals surface area contributed by atoms with E-state index in [1.165, 1.54) is 0 Å². The molecule has 0 saturated heterocycles. The minimum absolute atomic E-state index is 0.426. The van der Waals surface area contributed by atoms with Crippen LogP contribution in [0.5, 0.6) is 0 Å². The molecule has 0 spiro atoms. The third kappa shape index (κ3) is 4.44. The highest BCUT2D eigenvalue weighted by molar-refractivity contribution is 9.09. The van der Waals surface area contributed by atoms with E-state index < -0.39 is 0 Å². The summed E-state index contributed by atoms with van der Waals surface area (Å²) < 4.78 is 4.51. The van der Waals surface area contributed by atoms with Gasteiger partial charge in [0.1, 0.15) is 0 Å². The number of hydrogen-bond donors (Lipinski definition) is 0. The van der Waals surface area contributed by atoms with Gasteiger partial charge in [-0.25, -0.2) is 0 Å². The van der Waals surface area contributed by atoms with Gasteiger partial charge in [-0.3, -0.25) is 0 Å². The smallest absolute Gasteiger partial charge is 0.0700 e. The summed E-state index contributed by atoms with van der Waals surface area (Å²) in [6, 6.07) is 0. The maximum atomic E-state index is 4.51. The van der Waals surface area contributed by atoms with E-state index >= 15 is 0 Å². The number of rotatable bonds is 2. The van der Waals surface area contributed by atoms with Crippen LogP contribution in [0.1, 0.15) is 6.92 Å². The highest BCUT2D eigenvalue weighted by atomic mass is 79.9. The Balaban J connectivity index is 2.63. The number of alkyl halides is 1. The highest BCUT2D eigenvalue weighted by Crippen LogP contribution is 1.95. The summed E-state index contributed by atoms with van der Waals surface area (Å²) in [5.41, 5.74) is 0. The average molecular weight is 152 g/mol. The Morgan fingerprint density at radius 1 is 2.00 bits per heavy atom. The van der Waals surface area contributed by atoms with Crippen molar-refractivity contribution in [1.82, 2.24) is 0 Å². The lowest BCUT2D eigenvalue weighted by atomic mass is 10.5. The van der Waals surface area contributed by atoms with Crippen LogP contribution in [-0.2, 0) is 4.74 Å². The van der Waals surface area contributed by atoms with Gasteiger partial charge in [-0.05, 0) is 0 Å². The predicted octanol–water partition coefficient (Wildman–Crippen LogP) is 1.58. The number of hydrogen-bond acceptors (Lipinski definition) is 1. The van der Waals surface area contributed by atoms with Gasteiger partial charge in [0.2, 0.25) is 0 Å². The summed E-state index contributed by atoms with van der Waals surface area (Å²) in [6.07, 6.45) is 0. The number of ether oxygens (including phenoxy) is 1. The van der Waals surface area contributed by atoms with Gasteiger partial charge in [-0.1, -0.05) is 22.9 Å². The molecule has 0 aliphatic rings. The monoisotopic (exact) mass is 151 g/mol. The van der Waals surface area contributed by atoms with Crippen molar-refractivity contribution in [1.29, 1.82) is 0 Å². The van der Waals surface area contributed by atoms with Crippen LogP contribution in [0.3, 0.4) is 0 Å². The van der Waals surface area contributed by atoms with Crippen LogP contribution in [0, 0.1) is 7.11 Å². The van der Waals surface area contributed by atoms with Crippen LogP contribution in [-0.4, -0.2) is 11.4 Å². The van der Waals surface area contributed by atoms with Crippen molar-refractivity contribution in [3.63, 3.8) is 0 Å². The Labute approximate surface area is 46.8 Å². The first-order valence-electron chi connectivity index (χ1n) is 1.78. The second-order valence-corrected chi connectivity index (χ2v) is 2.71. The van der Waals surface area contributed by atoms with Gasteiger partial charge in [0.25, 0.3) is 0 Å². The van der Waals surface area contributed by atoms with Crippen LogP contribution >= 0.6 is 15.9 Å². The Bertz CT molecular complexity index is 28.7. The maximum Gasteiger partial charge on any atom is 0.0700 e. The molecule has 0 fully saturated rings. The minimum Gasteiger partial charge on any atom is -0.378 e. The van der Waals surface area contributed by atoms with Crippen molar-refractivity contribution >= 4 is 15.9 Å². The molecule has 0 N–H and O–H groups in total. The van der Waals surface area contributed by atoms with Crippen molar-refractivity contribution in [2.24, 2.45) is 0 Å². The summed E-state index contributed by atoms with van der Waals surface area (Å²) in [5, 5.41) is 0. The Hall–Kier alpha value is 0.440. The van der Waals surface area contributed by atoms with E-state index in [0.29, 0.717) is 11.4 Å². The fourth-order valence-corrected chi connectivity index (χ4v) is 0.349. The van der Waals surface area contributed by atoms with Crippen LogP contribution in [0.2, 0.25) is 0 Å². The zero-order valence-electron chi connectivity index (χ0n) is 3.78. The fraction of sp³-hybridized carbons (Fsp3) is 0.750. The largest absolute Gasteiger partial charge is 0.378 e. The van der Waals surface area contributed by atoms with Gasteiger partial charge in [0.05, 0.1) is 13.7 Å². The quantitative estimate of drug-likeness (QED) is 0.545. The molecule has 2 heteroatoms. The molecule has 0 bridgehead atoms. The molecule has 0 saturated carbocycles. The lowest BCUT2D eigenvalue weighted by molar-refractivity contribution is 0.248. The second kappa shape index (κ2) is 3.62. The van der Waals surface area contributed by atoms with Crippen molar-refractivity contribution in [3.05, 3.63) is 7.11 Å². The molecule has 1 radical (unpaired) electrons. The van der Waals surface area contributed by atoms with Gasteiger partial charge in [-0.15, -0.1) is 0 Å². The second-order valence-electron chi connectivity index (χ2n) is 1.15. The topological polar surface area (TPSA) is 9.23 Å². The molecular weight excluding hydrogens is 144 g/mol. The molecule has 0 aromatic carbocycles. The van der Waals surface area contributed by atoms with E-state index in [4.69, 9.17) is 0 Å². The molecule has 0 rings (SSSR count). The molecule has 1 nitrogen and oxygen atoms in total. The Morgan fingerprint density at radius 2 is 2.50 bits per heavy atom. The number of halogens is 1. The zero-order chi connectivity index (χ0) is 4.99. The zero-order valence-corrected chi connectivity index (χ0v) is 5.36. The summed E-state index contributed by atoms with van der Waals surface area (Å²) >= 11 is 3.27. The molecule has 0 aliphatic heterocycles. The molecule has 0 heterocycles. The lowest BCUT2D eigenvalue weighted by Crippen LogP contribution is -1.97. The van der Waals surface area contributed by atoms with E-state index in [-0.39, 0.29) is 0 Å². The van der Waals surface area contributed by atoms with Crippen LogP contribution < -0.4 is 0 Å². The molecule has 1 atom stereocenters. The molecule has 0 aromatic rings. The van der Waals surface area contributed by atoms with Crippen molar-refractivity contribution in [2.45, 2.75) is 11.8 Å². The first kappa shape index (κ1) is 6.44. The third-order valence-corrected chi connectivity index (χ3v) is 0.612. The van der Waals surface area contributed by atoms with E-state index in [2.05, 4.69) is 27.8 Å². The van der Waals surface area contributed by atoms with Crippen molar-refractivity contribution < 1.29 is 4.74 Å². The summed E-state index contributed by atoms with van der Waals surface area (Å²) in [5.74, 6) is 0. The first-order valence-corrected chi connectivity index (χ1v) is 2.70. The molecule has 6 heavy (non-hydrogen) atoms. The normalized spacial score (nSPS) is 14.5. The van der Waals surface area contributed by atoms with E-state index in [9.17, 15) is 0 Å². The van der Waals surface area contributed by atoms with Crippen molar-refractivity contribution in [2.75, 3.05) is 6.61 Å². The van der Waals surface area contributed by atoms with Crippen LogP contribution in [0.15, 0.2) is 0 Å². The van der Waals surface area contributed by atoms with Gasteiger partial charge < -0.3 is 4.74 Å². The molecule has 0 amide bonds. The van der Waals surface area contributed by atoms with Gasteiger partial charge in [0.15, 0.2) is 0 Å². The molecule has 0 aromatic heterocycles. The van der Waals surface area contributed by atoms with E-state index in [1.807, 2.05) is 6.92 Å². The predicted molar refractivity (Wildman–Crippen MR) is 29.7 cm³/mol. The Kier molecular flexibility index (Phi) is 3.89. The molecular formula is C4H8BrO. The lowest BCUT2D eigenvalue weighted by Gasteiger charge is -1.95. The maximum absolute atomic E-state index is 4.51. The fourth-order valence-electron chi connectivity index (χ4n) is 0.162. The highest BCUT2D eigenvalue weighted by Gasteiger charge is 1.88. The molecule has 37 valence electrons. The first-order chi connectivity index (χ1) is 2.77. The van der Waals surface area contributed by atoms with E-state index in [1.54, 1.807) is 0 Å². The van der Waals surface area contributed by atoms with Crippen LogP contribution in [0.4, 0.5) is 0 Å². The van der Waals surface area contributed by atoms with E-state index in [0.717, 1.165) is 0 Å². The summed E-state index contributed by atoms with van der Waals surface area (Å²) in [7, 11) is 3.20. The summed E-state index contributed by atoms with van der Waals surface area (Å²) in [6.45, 7) is 2.69. The molecule has 1 unspecified atom stereocenters. The SMILES string of the molecule is [CH2]OCC(C)Br. The standard InChI is InChI=1S/C4H8BrO/c1-4(5)3-6-2/h4H,2-3H2,1H3. The van der Waals surface area contributed by atoms with Gasteiger partial charge >= 0.3 is 0 Å². The minimum atomic E-state index is 0.426. The summed E-state index contributed by atoms with van der Waals surface area (Å²) in [4.78, 5) is 0.426.